The first-order valence-corrected chi connectivity index (χ1v) is 6.76. The van der Waals surface area contributed by atoms with Gasteiger partial charge in [-0.05, 0) is 18.1 Å². The Balaban J connectivity index is 1.86. The van der Waals surface area contributed by atoms with Crippen LogP contribution < -0.4 is 5.43 Å². The first kappa shape index (κ1) is 14.0. The third kappa shape index (κ3) is 2.76. The summed E-state index contributed by atoms with van der Waals surface area (Å²) in [5.41, 5.74) is 5.46. The van der Waals surface area contributed by atoms with Gasteiger partial charge in [0.25, 0.3) is 0 Å². The Morgan fingerprint density at radius 2 is 1.95 bits per heavy atom. The highest BCUT2D eigenvalue weighted by atomic mass is 19.4. The molecule has 0 spiro atoms. The van der Waals surface area contributed by atoms with Gasteiger partial charge in [-0.15, -0.1) is 5.12 Å². The van der Waals surface area contributed by atoms with Gasteiger partial charge in [0, 0.05) is 7.05 Å². The molecule has 1 N–H and O–H groups in total. The zero-order chi connectivity index (χ0) is 15.0. The molecule has 1 aromatic carbocycles. The lowest BCUT2D eigenvalue weighted by Gasteiger charge is -2.27. The number of alkyl halides is 3. The van der Waals surface area contributed by atoms with Gasteiger partial charge in [-0.25, -0.2) is 0 Å². The van der Waals surface area contributed by atoms with Crippen molar-refractivity contribution in [3.05, 3.63) is 59.4 Å². The van der Waals surface area contributed by atoms with Crippen LogP contribution in [-0.4, -0.2) is 23.4 Å². The van der Waals surface area contributed by atoms with Crippen molar-refractivity contribution in [3.63, 3.8) is 0 Å². The zero-order valence-corrected chi connectivity index (χ0v) is 11.6. The van der Waals surface area contributed by atoms with E-state index in [2.05, 4.69) is 5.43 Å². The minimum absolute atomic E-state index is 0.0116. The lowest BCUT2D eigenvalue weighted by Crippen LogP contribution is -2.37. The summed E-state index contributed by atoms with van der Waals surface area (Å²) < 4.78 is 38.8. The van der Waals surface area contributed by atoms with Crippen LogP contribution >= 0.6 is 0 Å². The smallest absolute Gasteiger partial charge is 0.300 e. The molecule has 1 saturated heterocycles. The number of rotatable bonds is 2. The molecule has 21 heavy (non-hydrogen) atoms. The number of fused-ring (bicyclic) bond motifs is 1. The molecule has 1 aliphatic heterocycles. The molecular weight excluding hydrogens is 279 g/mol. The Hall–Kier alpha value is -1.95. The van der Waals surface area contributed by atoms with Crippen molar-refractivity contribution in [1.82, 2.24) is 15.6 Å². The van der Waals surface area contributed by atoms with Crippen LogP contribution in [0.3, 0.4) is 0 Å². The molecule has 3 nitrogen and oxygen atoms in total. The van der Waals surface area contributed by atoms with E-state index in [1.54, 1.807) is 18.2 Å². The van der Waals surface area contributed by atoms with Crippen LogP contribution in [0.1, 0.15) is 12.0 Å². The Kier molecular flexibility index (Phi) is 3.41. The van der Waals surface area contributed by atoms with Crippen LogP contribution in [-0.2, 0) is 6.54 Å². The zero-order valence-electron chi connectivity index (χ0n) is 11.6. The summed E-state index contributed by atoms with van der Waals surface area (Å²) in [7, 11) is 1.80. The van der Waals surface area contributed by atoms with Crippen molar-refractivity contribution in [1.29, 1.82) is 0 Å². The van der Waals surface area contributed by atoms with Crippen molar-refractivity contribution in [3.8, 4) is 0 Å². The normalized spacial score (nSPS) is 22.5. The summed E-state index contributed by atoms with van der Waals surface area (Å²) in [5, 5.41) is 3.54. The van der Waals surface area contributed by atoms with E-state index in [1.165, 1.54) is 6.08 Å². The summed E-state index contributed by atoms with van der Waals surface area (Å²) in [5.74, 6) is -1.41. The van der Waals surface area contributed by atoms with E-state index >= 15 is 0 Å². The Bertz CT molecular complexity index is 578. The second kappa shape index (κ2) is 5.11. The topological polar surface area (TPSA) is 18.5 Å². The van der Waals surface area contributed by atoms with E-state index in [4.69, 9.17) is 0 Å². The highest BCUT2D eigenvalue weighted by Crippen LogP contribution is 2.38. The highest BCUT2D eigenvalue weighted by Gasteiger charge is 2.41. The minimum atomic E-state index is -4.20. The highest BCUT2D eigenvalue weighted by molar-refractivity contribution is 5.35. The van der Waals surface area contributed by atoms with E-state index < -0.39 is 12.1 Å². The lowest BCUT2D eigenvalue weighted by molar-refractivity contribution is -0.160. The number of hydrazine groups is 2. The van der Waals surface area contributed by atoms with Gasteiger partial charge >= 0.3 is 6.18 Å². The number of hydrogen-bond donors (Lipinski definition) is 1. The van der Waals surface area contributed by atoms with E-state index in [-0.39, 0.29) is 6.42 Å². The monoisotopic (exact) mass is 295 g/mol. The predicted octanol–water partition coefficient (Wildman–Crippen LogP) is 3.20. The van der Waals surface area contributed by atoms with E-state index in [0.29, 0.717) is 12.2 Å². The molecule has 0 aromatic heterocycles. The van der Waals surface area contributed by atoms with Crippen LogP contribution in [0.25, 0.3) is 0 Å². The molecule has 1 unspecified atom stereocenters. The average Bonchev–Trinajstić information content (AvgIpc) is 2.75. The van der Waals surface area contributed by atoms with Gasteiger partial charge in [0.2, 0.25) is 0 Å². The molecule has 1 fully saturated rings. The average molecular weight is 295 g/mol. The third-order valence-electron chi connectivity index (χ3n) is 3.73. The third-order valence-corrected chi connectivity index (χ3v) is 3.73. The van der Waals surface area contributed by atoms with Gasteiger partial charge in [-0.1, -0.05) is 36.4 Å². The van der Waals surface area contributed by atoms with Crippen molar-refractivity contribution in [2.45, 2.75) is 19.1 Å². The number of allylic oxidation sites excluding steroid dienone is 2. The van der Waals surface area contributed by atoms with E-state index in [0.717, 1.165) is 11.3 Å². The second-order valence-corrected chi connectivity index (χ2v) is 5.23. The van der Waals surface area contributed by atoms with Crippen molar-refractivity contribution in [2.75, 3.05) is 7.05 Å². The van der Waals surface area contributed by atoms with Gasteiger partial charge in [0.05, 0.1) is 23.9 Å². The molecule has 2 aliphatic rings. The van der Waals surface area contributed by atoms with Crippen molar-refractivity contribution >= 4 is 0 Å². The lowest BCUT2D eigenvalue weighted by atomic mass is 9.96. The molecule has 1 aliphatic carbocycles. The Morgan fingerprint density at radius 1 is 1.24 bits per heavy atom. The number of benzene rings is 1. The van der Waals surface area contributed by atoms with Gasteiger partial charge in [-0.2, -0.15) is 13.2 Å². The summed E-state index contributed by atoms with van der Waals surface area (Å²) in [6.45, 7) is 0.526. The van der Waals surface area contributed by atoms with Gasteiger partial charge in [-0.3, -0.25) is 10.4 Å². The van der Waals surface area contributed by atoms with Crippen LogP contribution in [0, 0.1) is 5.92 Å². The molecule has 1 heterocycles. The second-order valence-electron chi connectivity index (χ2n) is 5.23. The molecule has 112 valence electrons. The van der Waals surface area contributed by atoms with Crippen molar-refractivity contribution < 1.29 is 13.2 Å². The standard InChI is InChI=1S/C15H16F3N3/c1-20-19-13-8-7-12(15(16,17)18)9-14(13)21(20)10-11-5-3-2-4-6-11/h2-6,8-9,12,19H,7,10H2,1H3. The molecule has 1 aromatic rings. The summed E-state index contributed by atoms with van der Waals surface area (Å²) in [4.78, 5) is 0. The van der Waals surface area contributed by atoms with E-state index in [9.17, 15) is 13.2 Å². The largest absolute Gasteiger partial charge is 0.395 e. The first-order valence-electron chi connectivity index (χ1n) is 6.76. The van der Waals surface area contributed by atoms with Gasteiger partial charge in [0.15, 0.2) is 0 Å². The van der Waals surface area contributed by atoms with E-state index in [1.807, 2.05) is 35.3 Å². The van der Waals surface area contributed by atoms with Crippen LogP contribution in [0.4, 0.5) is 13.2 Å². The fourth-order valence-corrected chi connectivity index (χ4v) is 2.60. The number of nitrogens with one attached hydrogen (secondary N) is 1. The molecule has 3 rings (SSSR count). The molecular formula is C15H16F3N3. The van der Waals surface area contributed by atoms with Crippen LogP contribution in [0.5, 0.6) is 0 Å². The SMILES string of the molecule is CN1NC2=CCC(C(F)(F)F)C=C2N1Cc1ccccc1. The Labute approximate surface area is 121 Å². The number of halogens is 3. The maximum absolute atomic E-state index is 12.9. The molecule has 0 radical (unpaired) electrons. The van der Waals surface area contributed by atoms with Crippen LogP contribution in [0.15, 0.2) is 53.9 Å². The molecule has 1 atom stereocenters. The van der Waals surface area contributed by atoms with Crippen LogP contribution in [0.2, 0.25) is 0 Å². The Morgan fingerprint density at radius 3 is 2.62 bits per heavy atom. The van der Waals surface area contributed by atoms with Crippen molar-refractivity contribution in [2.24, 2.45) is 5.92 Å². The summed E-state index contributed by atoms with van der Waals surface area (Å²) in [6, 6.07) is 9.67. The first-order chi connectivity index (χ1) is 9.95. The summed E-state index contributed by atoms with van der Waals surface area (Å²) in [6.07, 6.45) is -1.28. The fraction of sp³-hybridized carbons (Fsp3) is 0.333. The van der Waals surface area contributed by atoms with Gasteiger partial charge < -0.3 is 0 Å². The minimum Gasteiger partial charge on any atom is -0.300 e. The molecule has 0 saturated carbocycles. The molecule has 0 bridgehead atoms. The van der Waals surface area contributed by atoms with Gasteiger partial charge in [0.1, 0.15) is 0 Å². The molecule has 6 heteroatoms. The number of nitrogens with zero attached hydrogens (tertiary/aromatic N) is 2. The predicted molar refractivity (Wildman–Crippen MR) is 73.2 cm³/mol. The summed E-state index contributed by atoms with van der Waals surface area (Å²) >= 11 is 0. The molecule has 0 amide bonds. The maximum atomic E-state index is 12.9. The maximum Gasteiger partial charge on any atom is 0.395 e. The number of hydrogen-bond acceptors (Lipinski definition) is 3. The quantitative estimate of drug-likeness (QED) is 0.904. The fourth-order valence-electron chi connectivity index (χ4n) is 2.60.